The average Bonchev–Trinajstić information content (AvgIpc) is 2.61. The van der Waals surface area contributed by atoms with E-state index in [4.69, 9.17) is 13.9 Å². The maximum absolute atomic E-state index is 9.87. The highest BCUT2D eigenvalue weighted by Gasteiger charge is 2.42. The molecule has 1 aliphatic heterocycles. The molecular weight excluding hydrogens is 344 g/mol. The van der Waals surface area contributed by atoms with Gasteiger partial charge in [-0.15, -0.1) is 0 Å². The minimum Gasteiger partial charge on any atom is -0.497 e. The van der Waals surface area contributed by atoms with Crippen LogP contribution in [0.2, 0.25) is 19.6 Å². The van der Waals surface area contributed by atoms with Gasteiger partial charge >= 0.3 is 0 Å². The molecule has 1 heterocycles. The minimum absolute atomic E-state index is 0.469. The van der Waals surface area contributed by atoms with E-state index >= 15 is 0 Å². The number of anilines is 2. The predicted octanol–water partition coefficient (Wildman–Crippen LogP) is 4.79. The molecule has 2 aromatic carbocycles. The average molecular weight is 369 g/mol. The Morgan fingerprint density at radius 2 is 1.81 bits per heavy atom. The summed E-state index contributed by atoms with van der Waals surface area (Å²) in [5, 5.41) is 13.2. The van der Waals surface area contributed by atoms with Crippen molar-refractivity contribution in [2.75, 3.05) is 19.0 Å². The van der Waals surface area contributed by atoms with E-state index in [0.29, 0.717) is 18.8 Å². The Kier molecular flexibility index (Phi) is 4.94. The first-order valence-electron chi connectivity index (χ1n) is 8.65. The molecule has 0 fully saturated rings. The van der Waals surface area contributed by atoms with E-state index in [1.165, 1.54) is 0 Å². The third kappa shape index (κ3) is 3.84. The quantitative estimate of drug-likeness (QED) is 0.769. The van der Waals surface area contributed by atoms with Crippen molar-refractivity contribution in [2.24, 2.45) is 0 Å². The number of fused-ring (bicyclic) bond motifs is 1. The van der Waals surface area contributed by atoms with Gasteiger partial charge in [0.25, 0.3) is 0 Å². The highest BCUT2D eigenvalue weighted by Crippen LogP contribution is 2.42. The monoisotopic (exact) mass is 368 g/mol. The zero-order valence-corrected chi connectivity index (χ0v) is 16.6. The van der Waals surface area contributed by atoms with Crippen molar-refractivity contribution in [1.82, 2.24) is 0 Å². The Morgan fingerprint density at radius 3 is 2.42 bits per heavy atom. The summed E-state index contributed by atoms with van der Waals surface area (Å²) in [4.78, 5) is 0. The molecule has 1 unspecified atom stereocenters. The second-order valence-corrected chi connectivity index (χ2v) is 11.7. The maximum Gasteiger partial charge on any atom is 0.186 e. The molecule has 136 valence electrons. The Labute approximate surface area is 155 Å². The molecule has 0 saturated carbocycles. The van der Waals surface area contributed by atoms with Gasteiger partial charge in [-0.3, -0.25) is 0 Å². The van der Waals surface area contributed by atoms with Crippen LogP contribution in [0.1, 0.15) is 12.0 Å². The first-order chi connectivity index (χ1) is 12.3. The van der Waals surface area contributed by atoms with E-state index in [1.54, 1.807) is 7.11 Å². The van der Waals surface area contributed by atoms with Crippen LogP contribution in [0.15, 0.2) is 42.5 Å². The lowest BCUT2D eigenvalue weighted by molar-refractivity contribution is 0.0665. The summed E-state index contributed by atoms with van der Waals surface area (Å²) in [5.41, 5.74) is 1.74. The van der Waals surface area contributed by atoms with E-state index in [9.17, 15) is 5.26 Å². The van der Waals surface area contributed by atoms with Crippen LogP contribution in [-0.4, -0.2) is 22.0 Å². The lowest BCUT2D eigenvalue weighted by Crippen LogP contribution is -2.42. The number of nitrogens with zero attached hydrogens (tertiary/aromatic N) is 1. The van der Waals surface area contributed by atoms with Crippen molar-refractivity contribution in [2.45, 2.75) is 31.7 Å². The van der Waals surface area contributed by atoms with Crippen LogP contribution >= 0.6 is 0 Å². The molecule has 0 aromatic heterocycles. The van der Waals surface area contributed by atoms with Crippen LogP contribution in [0, 0.1) is 11.3 Å². The van der Waals surface area contributed by atoms with Crippen molar-refractivity contribution in [3.63, 3.8) is 0 Å². The standard InChI is InChI=1S/C20H24N2O3Si/c1-23-17-8-5-15(6-9-17)22-16-7-10-18-19(13-16)24-12-11-20(18,14-21)25-26(2,3)4/h5-10,13,22H,11-12H2,1-4H3. The van der Waals surface area contributed by atoms with Gasteiger partial charge in [-0.25, -0.2) is 0 Å². The summed E-state index contributed by atoms with van der Waals surface area (Å²) in [6, 6.07) is 15.9. The van der Waals surface area contributed by atoms with Gasteiger partial charge in [0.1, 0.15) is 17.6 Å². The Morgan fingerprint density at radius 1 is 1.12 bits per heavy atom. The number of hydrogen-bond donors (Lipinski definition) is 1. The Bertz CT molecular complexity index is 824. The molecule has 0 radical (unpaired) electrons. The molecule has 1 N–H and O–H groups in total. The van der Waals surface area contributed by atoms with Crippen LogP contribution in [0.5, 0.6) is 11.5 Å². The van der Waals surface area contributed by atoms with E-state index in [-0.39, 0.29) is 0 Å². The SMILES string of the molecule is COc1ccc(Nc2ccc3c(c2)OCCC3(C#N)O[Si](C)(C)C)cc1. The molecule has 26 heavy (non-hydrogen) atoms. The summed E-state index contributed by atoms with van der Waals surface area (Å²) in [7, 11) is -0.250. The molecule has 0 amide bonds. The minimum atomic E-state index is -1.90. The fourth-order valence-corrected chi connectivity index (χ4v) is 4.40. The molecule has 0 aliphatic carbocycles. The highest BCUT2D eigenvalue weighted by molar-refractivity contribution is 6.69. The molecule has 1 atom stereocenters. The summed E-state index contributed by atoms with van der Waals surface area (Å²) >= 11 is 0. The summed E-state index contributed by atoms with van der Waals surface area (Å²) in [6.07, 6.45) is 0.548. The van der Waals surface area contributed by atoms with Gasteiger partial charge in [0, 0.05) is 29.4 Å². The second kappa shape index (κ2) is 7.02. The van der Waals surface area contributed by atoms with Gasteiger partial charge in [0.05, 0.1) is 13.7 Å². The number of benzene rings is 2. The van der Waals surface area contributed by atoms with Gasteiger partial charge in [-0.05, 0) is 56.0 Å². The van der Waals surface area contributed by atoms with Gasteiger partial charge in [0.2, 0.25) is 0 Å². The van der Waals surface area contributed by atoms with Crippen LogP contribution in [-0.2, 0) is 10.0 Å². The predicted molar refractivity (Wildman–Crippen MR) is 105 cm³/mol. The fourth-order valence-electron chi connectivity index (χ4n) is 3.10. The second-order valence-electron chi connectivity index (χ2n) is 7.32. The third-order valence-corrected chi connectivity index (χ3v) is 5.13. The first kappa shape index (κ1) is 18.3. The number of nitrogens with one attached hydrogen (secondary N) is 1. The van der Waals surface area contributed by atoms with Crippen LogP contribution in [0.3, 0.4) is 0 Å². The van der Waals surface area contributed by atoms with Crippen LogP contribution in [0.25, 0.3) is 0 Å². The molecule has 0 spiro atoms. The topological polar surface area (TPSA) is 63.5 Å². The summed E-state index contributed by atoms with van der Waals surface area (Å²) < 4.78 is 17.3. The smallest absolute Gasteiger partial charge is 0.186 e. The zero-order valence-electron chi connectivity index (χ0n) is 15.6. The van der Waals surface area contributed by atoms with Gasteiger partial charge in [-0.2, -0.15) is 5.26 Å². The molecule has 6 heteroatoms. The van der Waals surface area contributed by atoms with Crippen LogP contribution < -0.4 is 14.8 Å². The molecule has 0 saturated heterocycles. The van der Waals surface area contributed by atoms with Crippen molar-refractivity contribution >= 4 is 19.7 Å². The summed E-state index contributed by atoms with van der Waals surface area (Å²) in [6.45, 7) is 6.76. The van der Waals surface area contributed by atoms with Crippen LogP contribution in [0.4, 0.5) is 11.4 Å². The highest BCUT2D eigenvalue weighted by atomic mass is 28.4. The molecule has 1 aliphatic rings. The number of methoxy groups -OCH3 is 1. The number of ether oxygens (including phenoxy) is 2. The van der Waals surface area contributed by atoms with Crippen molar-refractivity contribution in [3.8, 4) is 17.6 Å². The summed E-state index contributed by atoms with van der Waals surface area (Å²) in [5.74, 6) is 1.51. The lowest BCUT2D eigenvalue weighted by atomic mass is 9.89. The Balaban J connectivity index is 1.89. The van der Waals surface area contributed by atoms with E-state index in [1.807, 2.05) is 42.5 Å². The third-order valence-electron chi connectivity index (χ3n) is 4.17. The van der Waals surface area contributed by atoms with Gasteiger partial charge < -0.3 is 19.2 Å². The van der Waals surface area contributed by atoms with Gasteiger partial charge in [-0.1, -0.05) is 0 Å². The maximum atomic E-state index is 9.87. The van der Waals surface area contributed by atoms with Crippen molar-refractivity contribution in [1.29, 1.82) is 5.26 Å². The largest absolute Gasteiger partial charge is 0.497 e. The normalized spacial score (nSPS) is 19.0. The Hall–Kier alpha value is -2.49. The van der Waals surface area contributed by atoms with E-state index < -0.39 is 13.9 Å². The molecular formula is C20H24N2O3Si. The van der Waals surface area contributed by atoms with E-state index in [2.05, 4.69) is 31.0 Å². The molecule has 5 nitrogen and oxygen atoms in total. The van der Waals surface area contributed by atoms with Gasteiger partial charge in [0.15, 0.2) is 13.9 Å². The van der Waals surface area contributed by atoms with Crippen molar-refractivity contribution < 1.29 is 13.9 Å². The lowest BCUT2D eigenvalue weighted by Gasteiger charge is -2.38. The fraction of sp³-hybridized carbons (Fsp3) is 0.350. The number of nitriles is 1. The molecule has 2 aromatic rings. The van der Waals surface area contributed by atoms with E-state index in [0.717, 1.165) is 22.7 Å². The first-order valence-corrected chi connectivity index (χ1v) is 12.1. The van der Waals surface area contributed by atoms with Crippen molar-refractivity contribution in [3.05, 3.63) is 48.0 Å². The number of hydrogen-bond acceptors (Lipinski definition) is 5. The molecule has 3 rings (SSSR count). The number of rotatable bonds is 5. The molecule has 0 bridgehead atoms. The zero-order chi connectivity index (χ0) is 18.8.